The van der Waals surface area contributed by atoms with Crippen molar-refractivity contribution in [1.29, 1.82) is 0 Å². The molecule has 1 atom stereocenters. The number of rotatable bonds is 3. The van der Waals surface area contributed by atoms with E-state index in [1.165, 1.54) is 24.5 Å². The number of aromatic nitrogens is 2. The van der Waals surface area contributed by atoms with Crippen LogP contribution in [-0.2, 0) is 9.59 Å². The van der Waals surface area contributed by atoms with Gasteiger partial charge in [0.2, 0.25) is 5.95 Å². The van der Waals surface area contributed by atoms with Gasteiger partial charge >= 0.3 is 5.91 Å². The minimum absolute atomic E-state index is 0.0188. The summed E-state index contributed by atoms with van der Waals surface area (Å²) in [7, 11) is 0. The lowest BCUT2D eigenvalue weighted by molar-refractivity contribution is -0.132. The van der Waals surface area contributed by atoms with Gasteiger partial charge in [-0.15, -0.1) is 0 Å². The maximum atomic E-state index is 13.7. The van der Waals surface area contributed by atoms with Crippen LogP contribution in [0.4, 0.5) is 10.3 Å². The number of carbonyl (C=O) groups is 2. The fraction of sp³-hybridized carbons (Fsp3) is 0.125. The minimum atomic E-state index is -1.10. The first-order chi connectivity index (χ1) is 16.5. The zero-order valence-electron chi connectivity index (χ0n) is 17.4. The molecule has 0 saturated carbocycles. The Morgan fingerprint density at radius 3 is 2.71 bits per heavy atom. The lowest BCUT2D eigenvalue weighted by Crippen LogP contribution is -2.30. The summed E-state index contributed by atoms with van der Waals surface area (Å²) in [5.74, 6) is -1.53. The number of aromatic amines is 1. The van der Waals surface area contributed by atoms with Gasteiger partial charge in [-0.25, -0.2) is 9.37 Å². The topological polar surface area (TPSA) is 118 Å². The Labute approximate surface area is 191 Å². The number of nitrogens with zero attached hydrogens (tertiary/aromatic N) is 2. The summed E-state index contributed by atoms with van der Waals surface area (Å²) >= 11 is 0. The summed E-state index contributed by atoms with van der Waals surface area (Å²) in [5, 5.41) is 11.2. The van der Waals surface area contributed by atoms with Crippen LogP contribution < -0.4 is 14.4 Å². The molecule has 170 valence electrons. The van der Waals surface area contributed by atoms with Crippen molar-refractivity contribution < 1.29 is 33.0 Å². The van der Waals surface area contributed by atoms with Gasteiger partial charge in [0, 0.05) is 5.56 Å². The molecule has 2 aliphatic heterocycles. The molecule has 0 radical (unpaired) electrons. The number of amides is 1. The highest BCUT2D eigenvalue weighted by atomic mass is 19.1. The van der Waals surface area contributed by atoms with Gasteiger partial charge in [-0.1, -0.05) is 0 Å². The molecule has 2 aromatic carbocycles. The Morgan fingerprint density at radius 2 is 1.91 bits per heavy atom. The van der Waals surface area contributed by atoms with Gasteiger partial charge in [-0.3, -0.25) is 14.5 Å². The van der Waals surface area contributed by atoms with Gasteiger partial charge in [-0.05, 0) is 48.5 Å². The number of furan rings is 1. The van der Waals surface area contributed by atoms with Crippen molar-refractivity contribution in [2.75, 3.05) is 18.1 Å². The Hall–Kier alpha value is -4.60. The monoisotopic (exact) mass is 461 g/mol. The number of hydrogen-bond acceptors (Lipinski definition) is 7. The van der Waals surface area contributed by atoms with Crippen molar-refractivity contribution in [3.8, 4) is 11.5 Å². The van der Waals surface area contributed by atoms with Crippen LogP contribution in [0.2, 0.25) is 0 Å². The maximum Gasteiger partial charge on any atom is 0.302 e. The van der Waals surface area contributed by atoms with Crippen LogP contribution in [0.3, 0.4) is 0 Å². The van der Waals surface area contributed by atoms with Gasteiger partial charge in [0.1, 0.15) is 36.6 Å². The van der Waals surface area contributed by atoms with Crippen molar-refractivity contribution in [1.82, 2.24) is 9.97 Å². The lowest BCUT2D eigenvalue weighted by Gasteiger charge is -2.21. The standard InChI is InChI=1S/C24H16FN3O6/c25-13-4-5-14-15(11-13)27-24(26-14)28-20(17-2-1-7-32-17)19(22(30)23(28)31)21(29)12-3-6-16-18(10-12)34-9-8-33-16/h1-7,10-11,20,29H,8-9H2,(H,26,27)/b21-19+. The molecular formula is C24H16FN3O6. The normalized spacial score (nSPS) is 19.2. The van der Waals surface area contributed by atoms with Crippen LogP contribution in [0.15, 0.2) is 64.8 Å². The average molecular weight is 461 g/mol. The predicted molar refractivity (Wildman–Crippen MR) is 117 cm³/mol. The second kappa shape index (κ2) is 7.48. The average Bonchev–Trinajstić information content (AvgIpc) is 3.57. The molecule has 4 heterocycles. The number of imidazole rings is 1. The lowest BCUT2D eigenvalue weighted by atomic mass is 9.99. The number of benzene rings is 2. The number of carbonyl (C=O) groups excluding carboxylic acids is 2. The first kappa shape index (κ1) is 20.0. The maximum absolute atomic E-state index is 13.7. The third kappa shape index (κ3) is 3.03. The van der Waals surface area contributed by atoms with Gasteiger partial charge in [-0.2, -0.15) is 0 Å². The molecule has 1 amide bonds. The summed E-state index contributed by atoms with van der Waals surface area (Å²) in [6, 6.07) is 10.8. The first-order valence-corrected chi connectivity index (χ1v) is 10.4. The van der Waals surface area contributed by atoms with E-state index in [-0.39, 0.29) is 22.8 Å². The van der Waals surface area contributed by atoms with Crippen molar-refractivity contribution in [2.45, 2.75) is 6.04 Å². The summed E-state index contributed by atoms with van der Waals surface area (Å²) in [6.45, 7) is 0.754. The van der Waals surface area contributed by atoms with E-state index in [0.717, 1.165) is 4.90 Å². The van der Waals surface area contributed by atoms with Gasteiger partial charge in [0.05, 0.1) is 22.9 Å². The number of aliphatic hydroxyl groups is 1. The molecule has 2 aliphatic rings. The van der Waals surface area contributed by atoms with E-state index in [0.29, 0.717) is 35.7 Å². The molecule has 1 fully saturated rings. The van der Waals surface area contributed by atoms with Crippen LogP contribution in [0, 0.1) is 5.82 Å². The van der Waals surface area contributed by atoms with Gasteiger partial charge in [0.25, 0.3) is 5.78 Å². The van der Waals surface area contributed by atoms with E-state index in [4.69, 9.17) is 13.9 Å². The van der Waals surface area contributed by atoms with Gasteiger partial charge in [0.15, 0.2) is 11.5 Å². The second-order valence-corrected chi connectivity index (χ2v) is 7.76. The molecule has 0 spiro atoms. The molecule has 1 unspecified atom stereocenters. The number of fused-ring (bicyclic) bond motifs is 2. The van der Waals surface area contributed by atoms with Crippen LogP contribution >= 0.6 is 0 Å². The number of ketones is 1. The number of halogens is 1. The summed E-state index contributed by atoms with van der Waals surface area (Å²) in [4.78, 5) is 34.6. The highest BCUT2D eigenvalue weighted by Gasteiger charge is 2.49. The number of hydrogen-bond donors (Lipinski definition) is 2. The molecule has 9 nitrogen and oxygen atoms in total. The number of aliphatic hydroxyl groups excluding tert-OH is 1. The fourth-order valence-corrected chi connectivity index (χ4v) is 4.20. The van der Waals surface area contributed by atoms with E-state index >= 15 is 0 Å². The minimum Gasteiger partial charge on any atom is -0.507 e. The molecule has 1 saturated heterocycles. The molecule has 2 N–H and O–H groups in total. The highest BCUT2D eigenvalue weighted by molar-refractivity contribution is 6.51. The van der Waals surface area contributed by atoms with Gasteiger partial charge < -0.3 is 24.0 Å². The van der Waals surface area contributed by atoms with Crippen molar-refractivity contribution in [3.05, 3.63) is 77.5 Å². The molecule has 2 aromatic heterocycles. The number of H-pyrrole nitrogens is 1. The smallest absolute Gasteiger partial charge is 0.302 e. The zero-order chi connectivity index (χ0) is 23.4. The largest absolute Gasteiger partial charge is 0.507 e. The predicted octanol–water partition coefficient (Wildman–Crippen LogP) is 3.69. The van der Waals surface area contributed by atoms with E-state index in [1.807, 2.05) is 0 Å². The number of nitrogens with one attached hydrogen (secondary N) is 1. The summed E-state index contributed by atoms with van der Waals surface area (Å²) in [6.07, 6.45) is 1.40. The molecule has 0 bridgehead atoms. The molecule has 0 aliphatic carbocycles. The Kier molecular flexibility index (Phi) is 4.41. The molecule has 10 heteroatoms. The van der Waals surface area contributed by atoms with Crippen LogP contribution in [0.25, 0.3) is 16.8 Å². The Morgan fingerprint density at radius 1 is 1.09 bits per heavy atom. The van der Waals surface area contributed by atoms with Crippen molar-refractivity contribution in [2.24, 2.45) is 0 Å². The molecule has 4 aromatic rings. The quantitative estimate of drug-likeness (QED) is 0.271. The summed E-state index contributed by atoms with van der Waals surface area (Å²) < 4.78 is 30.3. The third-order valence-corrected chi connectivity index (χ3v) is 5.73. The highest BCUT2D eigenvalue weighted by Crippen LogP contribution is 2.43. The van der Waals surface area contributed by atoms with Crippen LogP contribution in [0.5, 0.6) is 11.5 Å². The van der Waals surface area contributed by atoms with Crippen LogP contribution in [-0.4, -0.2) is 40.0 Å². The number of Topliss-reactive ketones (excluding diaryl/α,β-unsaturated/α-hetero) is 1. The van der Waals surface area contributed by atoms with E-state index < -0.39 is 29.3 Å². The Balaban J connectivity index is 1.52. The first-order valence-electron chi connectivity index (χ1n) is 10.4. The Bertz CT molecular complexity index is 1490. The second-order valence-electron chi connectivity index (χ2n) is 7.76. The fourth-order valence-electron chi connectivity index (χ4n) is 4.20. The van der Waals surface area contributed by atoms with E-state index in [9.17, 15) is 19.1 Å². The molecule has 6 rings (SSSR count). The van der Waals surface area contributed by atoms with Crippen molar-refractivity contribution >= 4 is 34.4 Å². The number of anilines is 1. The van der Waals surface area contributed by atoms with Crippen molar-refractivity contribution in [3.63, 3.8) is 0 Å². The summed E-state index contributed by atoms with van der Waals surface area (Å²) in [5.41, 5.74) is 0.846. The zero-order valence-corrected chi connectivity index (χ0v) is 17.4. The molecule has 34 heavy (non-hydrogen) atoms. The van der Waals surface area contributed by atoms with E-state index in [2.05, 4.69) is 9.97 Å². The van der Waals surface area contributed by atoms with Crippen LogP contribution in [0.1, 0.15) is 17.4 Å². The molecular weight excluding hydrogens is 445 g/mol. The van der Waals surface area contributed by atoms with E-state index in [1.54, 1.807) is 30.3 Å². The number of ether oxygens (including phenoxy) is 2. The SMILES string of the molecule is O=C1C(=O)N(c2nc3ccc(F)cc3[nH]2)C(c2ccco2)/C1=C(\O)c1ccc2c(c1)OCCO2. The third-order valence-electron chi connectivity index (χ3n) is 5.73.